The first-order chi connectivity index (χ1) is 6.88. The molecule has 84 valence electrons. The first-order valence-corrected chi connectivity index (χ1v) is 6.29. The maximum Gasteiger partial charge on any atom is 0.0602 e. The zero-order valence-corrected chi connectivity index (χ0v) is 9.93. The Morgan fingerprint density at radius 1 is 1.36 bits per heavy atom. The van der Waals surface area contributed by atoms with Gasteiger partial charge in [0.1, 0.15) is 0 Å². The Bertz CT molecular complexity index is 143. The normalized spacial score (nSPS) is 24.0. The molecule has 0 bridgehead atoms. The van der Waals surface area contributed by atoms with Crippen LogP contribution in [0.15, 0.2) is 0 Å². The Labute approximate surface area is 92.6 Å². The van der Waals surface area contributed by atoms with Crippen LogP contribution >= 0.6 is 11.6 Å². The summed E-state index contributed by atoms with van der Waals surface area (Å²) in [4.78, 5) is 2.57. The van der Waals surface area contributed by atoms with Crippen molar-refractivity contribution in [2.45, 2.75) is 38.6 Å². The maximum absolute atomic E-state index is 5.54. The number of halogens is 1. The summed E-state index contributed by atoms with van der Waals surface area (Å²) in [5.74, 6) is 0.608. The minimum absolute atomic E-state index is 0.608. The average Bonchev–Trinajstić information content (AvgIpc) is 2.25. The predicted molar refractivity (Wildman–Crippen MR) is 61.0 cm³/mol. The molecular formula is C11H22ClNO. The van der Waals surface area contributed by atoms with Crippen molar-refractivity contribution in [3.05, 3.63) is 0 Å². The summed E-state index contributed by atoms with van der Waals surface area (Å²) in [5, 5.41) is 0. The molecular weight excluding hydrogens is 198 g/mol. The van der Waals surface area contributed by atoms with E-state index in [1.165, 1.54) is 32.2 Å². The molecule has 1 saturated heterocycles. The van der Waals surface area contributed by atoms with Crippen LogP contribution in [0.1, 0.15) is 32.6 Å². The van der Waals surface area contributed by atoms with Crippen molar-refractivity contribution in [2.75, 3.05) is 32.2 Å². The second-order valence-electron chi connectivity index (χ2n) is 3.90. The van der Waals surface area contributed by atoms with Gasteiger partial charge in [-0.2, -0.15) is 0 Å². The van der Waals surface area contributed by atoms with Gasteiger partial charge in [0.05, 0.1) is 13.2 Å². The van der Waals surface area contributed by atoms with Gasteiger partial charge < -0.3 is 4.74 Å². The van der Waals surface area contributed by atoms with Crippen LogP contribution in [0, 0.1) is 0 Å². The lowest BCUT2D eigenvalue weighted by atomic mass is 10.0. The molecule has 0 aromatic heterocycles. The fourth-order valence-corrected chi connectivity index (χ4v) is 2.26. The van der Waals surface area contributed by atoms with E-state index in [4.69, 9.17) is 16.3 Å². The van der Waals surface area contributed by atoms with Gasteiger partial charge in [-0.05, 0) is 25.8 Å². The predicted octanol–water partition coefficient (Wildman–Crippen LogP) is 2.51. The highest BCUT2D eigenvalue weighted by atomic mass is 35.5. The van der Waals surface area contributed by atoms with E-state index in [2.05, 4.69) is 11.8 Å². The summed E-state index contributed by atoms with van der Waals surface area (Å²) >= 11 is 5.54. The van der Waals surface area contributed by atoms with Crippen molar-refractivity contribution < 1.29 is 4.74 Å². The van der Waals surface area contributed by atoms with E-state index in [1.54, 1.807) is 0 Å². The lowest BCUT2D eigenvalue weighted by Crippen LogP contribution is -2.41. The number of nitrogens with zero attached hydrogens (tertiary/aromatic N) is 1. The number of ether oxygens (including phenoxy) is 1. The molecule has 14 heavy (non-hydrogen) atoms. The zero-order valence-electron chi connectivity index (χ0n) is 9.17. The molecule has 0 amide bonds. The molecule has 0 radical (unpaired) electrons. The van der Waals surface area contributed by atoms with Crippen molar-refractivity contribution in [3.63, 3.8) is 0 Å². The Kier molecular flexibility index (Phi) is 6.57. The molecule has 1 fully saturated rings. The molecule has 0 aromatic rings. The maximum atomic E-state index is 5.54. The fraction of sp³-hybridized carbons (Fsp3) is 1.00. The average molecular weight is 220 g/mol. The third kappa shape index (κ3) is 4.16. The Balaban J connectivity index is 2.13. The molecule has 1 aliphatic rings. The Morgan fingerprint density at radius 3 is 2.93 bits per heavy atom. The van der Waals surface area contributed by atoms with E-state index in [1.807, 2.05) is 0 Å². The van der Waals surface area contributed by atoms with Crippen molar-refractivity contribution in [2.24, 2.45) is 0 Å². The van der Waals surface area contributed by atoms with Gasteiger partial charge in [0.2, 0.25) is 0 Å². The fourth-order valence-electron chi connectivity index (χ4n) is 2.16. The number of rotatable bonds is 6. The van der Waals surface area contributed by atoms with Crippen LogP contribution in [0.25, 0.3) is 0 Å². The van der Waals surface area contributed by atoms with Gasteiger partial charge in [0.25, 0.3) is 0 Å². The van der Waals surface area contributed by atoms with Gasteiger partial charge in [-0.25, -0.2) is 0 Å². The summed E-state index contributed by atoms with van der Waals surface area (Å²) in [7, 11) is 0. The van der Waals surface area contributed by atoms with Crippen molar-refractivity contribution >= 4 is 11.6 Å². The summed E-state index contributed by atoms with van der Waals surface area (Å²) in [5.41, 5.74) is 0. The zero-order chi connectivity index (χ0) is 10.2. The molecule has 3 heteroatoms. The molecule has 1 heterocycles. The first kappa shape index (κ1) is 12.3. The summed E-state index contributed by atoms with van der Waals surface area (Å²) in [6, 6.07) is 0.795. The quantitative estimate of drug-likeness (QED) is 0.503. The molecule has 0 aliphatic carbocycles. The van der Waals surface area contributed by atoms with Crippen LogP contribution in [-0.2, 0) is 4.74 Å². The topological polar surface area (TPSA) is 12.5 Å². The Morgan fingerprint density at radius 2 is 2.21 bits per heavy atom. The molecule has 0 aromatic carbocycles. The highest BCUT2D eigenvalue weighted by molar-refractivity contribution is 6.17. The van der Waals surface area contributed by atoms with Gasteiger partial charge in [0.15, 0.2) is 0 Å². The second kappa shape index (κ2) is 7.49. The van der Waals surface area contributed by atoms with Crippen LogP contribution in [0.3, 0.4) is 0 Å². The standard InChI is InChI=1S/C11H22ClNO/c1-2-11-5-3-4-7-13(11)8-10-14-9-6-12/h11H,2-10H2,1H3. The summed E-state index contributed by atoms with van der Waals surface area (Å²) in [6.45, 7) is 6.14. The highest BCUT2D eigenvalue weighted by Crippen LogP contribution is 2.18. The lowest BCUT2D eigenvalue weighted by molar-refractivity contribution is 0.0768. The lowest BCUT2D eigenvalue weighted by Gasteiger charge is -2.34. The molecule has 2 nitrogen and oxygen atoms in total. The smallest absolute Gasteiger partial charge is 0.0602 e. The summed E-state index contributed by atoms with van der Waals surface area (Å²) < 4.78 is 5.40. The number of alkyl halides is 1. The van der Waals surface area contributed by atoms with E-state index in [0.29, 0.717) is 12.5 Å². The van der Waals surface area contributed by atoms with E-state index < -0.39 is 0 Å². The van der Waals surface area contributed by atoms with Crippen molar-refractivity contribution in [1.82, 2.24) is 4.90 Å². The van der Waals surface area contributed by atoms with Gasteiger partial charge in [-0.1, -0.05) is 13.3 Å². The monoisotopic (exact) mass is 219 g/mol. The molecule has 0 saturated carbocycles. The molecule has 0 N–H and O–H groups in total. The molecule has 0 spiro atoms. The molecule has 1 atom stereocenters. The number of hydrogen-bond donors (Lipinski definition) is 0. The summed E-state index contributed by atoms with van der Waals surface area (Å²) in [6.07, 6.45) is 5.39. The SMILES string of the molecule is CCC1CCCCN1CCOCCCl. The van der Waals surface area contributed by atoms with E-state index >= 15 is 0 Å². The van der Waals surface area contributed by atoms with E-state index in [-0.39, 0.29) is 0 Å². The molecule has 1 rings (SSSR count). The van der Waals surface area contributed by atoms with Gasteiger partial charge in [0, 0.05) is 18.5 Å². The minimum Gasteiger partial charge on any atom is -0.379 e. The number of likely N-dealkylation sites (tertiary alicyclic amines) is 1. The van der Waals surface area contributed by atoms with Gasteiger partial charge in [-0.3, -0.25) is 4.90 Å². The van der Waals surface area contributed by atoms with Crippen molar-refractivity contribution in [3.8, 4) is 0 Å². The third-order valence-corrected chi connectivity index (χ3v) is 3.12. The number of hydrogen-bond acceptors (Lipinski definition) is 2. The first-order valence-electron chi connectivity index (χ1n) is 5.76. The van der Waals surface area contributed by atoms with Crippen molar-refractivity contribution in [1.29, 1.82) is 0 Å². The van der Waals surface area contributed by atoms with E-state index in [0.717, 1.165) is 19.2 Å². The second-order valence-corrected chi connectivity index (χ2v) is 4.27. The Hall–Kier alpha value is 0.210. The molecule has 1 aliphatic heterocycles. The van der Waals surface area contributed by atoms with Crippen LogP contribution in [-0.4, -0.2) is 43.1 Å². The van der Waals surface area contributed by atoms with Crippen LogP contribution in [0.4, 0.5) is 0 Å². The van der Waals surface area contributed by atoms with Gasteiger partial charge in [-0.15, -0.1) is 11.6 Å². The largest absolute Gasteiger partial charge is 0.379 e. The van der Waals surface area contributed by atoms with Crippen LogP contribution in [0.5, 0.6) is 0 Å². The van der Waals surface area contributed by atoms with Gasteiger partial charge >= 0.3 is 0 Å². The van der Waals surface area contributed by atoms with Crippen LogP contribution in [0.2, 0.25) is 0 Å². The molecule has 1 unspecified atom stereocenters. The number of piperidine rings is 1. The van der Waals surface area contributed by atoms with E-state index in [9.17, 15) is 0 Å². The highest BCUT2D eigenvalue weighted by Gasteiger charge is 2.19. The van der Waals surface area contributed by atoms with Crippen LogP contribution < -0.4 is 0 Å². The minimum atomic E-state index is 0.608. The third-order valence-electron chi connectivity index (χ3n) is 2.96.